The second kappa shape index (κ2) is 5.70. The van der Waals surface area contributed by atoms with Crippen molar-refractivity contribution in [3.05, 3.63) is 22.7 Å². The van der Waals surface area contributed by atoms with Crippen molar-refractivity contribution in [3.63, 3.8) is 0 Å². The first kappa shape index (κ1) is 14.3. The summed E-state index contributed by atoms with van der Waals surface area (Å²) in [6.07, 6.45) is 0. The zero-order valence-corrected chi connectivity index (χ0v) is 12.2. The van der Waals surface area contributed by atoms with Crippen LogP contribution in [0.1, 0.15) is 13.8 Å². The largest absolute Gasteiger partial charge is 0.399 e. The summed E-state index contributed by atoms with van der Waals surface area (Å²) in [6.45, 7) is 4.44. The molecule has 1 aromatic rings. The molecule has 0 saturated heterocycles. The molecular formula is C10H16BrN3O2S. The summed E-state index contributed by atoms with van der Waals surface area (Å²) in [6, 6.07) is 4.92. The molecular weight excluding hydrogens is 306 g/mol. The number of nitrogens with two attached hydrogens (primary N) is 1. The van der Waals surface area contributed by atoms with Gasteiger partial charge in [-0.1, -0.05) is 13.8 Å². The van der Waals surface area contributed by atoms with Crippen LogP contribution < -0.4 is 10.5 Å². The second-order valence-corrected chi connectivity index (χ2v) is 5.96. The minimum absolute atomic E-state index is 0.429. The fourth-order valence-electron chi connectivity index (χ4n) is 1.38. The molecule has 0 aliphatic rings. The van der Waals surface area contributed by atoms with Gasteiger partial charge in [-0.2, -0.15) is 12.7 Å². The lowest BCUT2D eigenvalue weighted by atomic mass is 10.3. The molecule has 0 atom stereocenters. The molecule has 5 nitrogen and oxygen atoms in total. The third-order valence-corrected chi connectivity index (χ3v) is 4.61. The van der Waals surface area contributed by atoms with Crippen molar-refractivity contribution in [2.45, 2.75) is 13.8 Å². The molecule has 1 rings (SSSR count). The van der Waals surface area contributed by atoms with Gasteiger partial charge in [-0.3, -0.25) is 4.72 Å². The van der Waals surface area contributed by atoms with Gasteiger partial charge in [-0.15, -0.1) is 0 Å². The zero-order valence-electron chi connectivity index (χ0n) is 9.77. The lowest BCUT2D eigenvalue weighted by Crippen LogP contribution is -2.35. The summed E-state index contributed by atoms with van der Waals surface area (Å²) < 4.78 is 28.4. The Morgan fingerprint density at radius 3 is 2.41 bits per heavy atom. The number of benzene rings is 1. The van der Waals surface area contributed by atoms with Crippen LogP contribution in [0.3, 0.4) is 0 Å². The van der Waals surface area contributed by atoms with Gasteiger partial charge in [0, 0.05) is 23.2 Å². The summed E-state index contributed by atoms with van der Waals surface area (Å²) in [5, 5.41) is 0. The first-order valence-electron chi connectivity index (χ1n) is 5.23. The van der Waals surface area contributed by atoms with Crippen molar-refractivity contribution in [3.8, 4) is 0 Å². The van der Waals surface area contributed by atoms with E-state index in [1.807, 2.05) is 0 Å². The highest BCUT2D eigenvalue weighted by Gasteiger charge is 2.19. The Morgan fingerprint density at radius 2 is 1.94 bits per heavy atom. The number of anilines is 2. The predicted octanol–water partition coefficient (Wildman–Crippen LogP) is 2.03. The van der Waals surface area contributed by atoms with Crippen LogP contribution in [0.5, 0.6) is 0 Å². The Morgan fingerprint density at radius 1 is 1.35 bits per heavy atom. The summed E-state index contributed by atoms with van der Waals surface area (Å²) in [4.78, 5) is 0. The number of nitrogen functional groups attached to an aromatic ring is 1. The average molecular weight is 322 g/mol. The maximum atomic E-state index is 12.0. The van der Waals surface area contributed by atoms with E-state index in [2.05, 4.69) is 20.7 Å². The summed E-state index contributed by atoms with van der Waals surface area (Å²) in [5.74, 6) is 0. The van der Waals surface area contributed by atoms with Crippen LogP contribution >= 0.6 is 15.9 Å². The van der Waals surface area contributed by atoms with E-state index in [0.717, 1.165) is 0 Å². The van der Waals surface area contributed by atoms with Crippen LogP contribution in [0.4, 0.5) is 11.4 Å². The SMILES string of the molecule is CCN(CC)S(=O)(=O)Nc1ccc(N)cc1Br. The van der Waals surface area contributed by atoms with Gasteiger partial charge < -0.3 is 5.73 Å². The van der Waals surface area contributed by atoms with Crippen LogP contribution in [-0.2, 0) is 10.2 Å². The molecule has 17 heavy (non-hydrogen) atoms. The first-order chi connectivity index (χ1) is 7.90. The summed E-state index contributed by atoms with van der Waals surface area (Å²) in [7, 11) is -3.50. The molecule has 0 fully saturated rings. The minimum atomic E-state index is -3.50. The molecule has 7 heteroatoms. The standard InChI is InChI=1S/C10H16BrN3O2S/c1-3-14(4-2)17(15,16)13-10-6-5-8(12)7-9(10)11/h5-7,13H,3-4,12H2,1-2H3. The normalized spacial score (nSPS) is 11.8. The van der Waals surface area contributed by atoms with Gasteiger partial charge in [0.15, 0.2) is 0 Å². The summed E-state index contributed by atoms with van der Waals surface area (Å²) in [5.41, 5.74) is 6.64. The smallest absolute Gasteiger partial charge is 0.301 e. The van der Waals surface area contributed by atoms with Crippen LogP contribution in [0.2, 0.25) is 0 Å². The topological polar surface area (TPSA) is 75.4 Å². The molecule has 0 unspecified atom stereocenters. The molecule has 0 aromatic heterocycles. The summed E-state index contributed by atoms with van der Waals surface area (Å²) >= 11 is 3.27. The third-order valence-electron chi connectivity index (χ3n) is 2.28. The monoisotopic (exact) mass is 321 g/mol. The predicted molar refractivity (Wildman–Crippen MR) is 74.0 cm³/mol. The Hall–Kier alpha value is -0.790. The van der Waals surface area contributed by atoms with Crippen LogP contribution in [-0.4, -0.2) is 25.8 Å². The first-order valence-corrected chi connectivity index (χ1v) is 7.47. The van der Waals surface area contributed by atoms with Gasteiger partial charge in [0.05, 0.1) is 5.69 Å². The van der Waals surface area contributed by atoms with Crippen molar-refractivity contribution in [2.24, 2.45) is 0 Å². The van der Waals surface area contributed by atoms with E-state index >= 15 is 0 Å². The highest BCUT2D eigenvalue weighted by molar-refractivity contribution is 9.10. The lowest BCUT2D eigenvalue weighted by Gasteiger charge is -2.20. The van der Waals surface area contributed by atoms with E-state index < -0.39 is 10.2 Å². The molecule has 0 bridgehead atoms. The maximum Gasteiger partial charge on any atom is 0.301 e. The lowest BCUT2D eigenvalue weighted by molar-refractivity contribution is 0.449. The fraction of sp³-hybridized carbons (Fsp3) is 0.400. The Bertz CT molecular complexity index is 486. The molecule has 1 aromatic carbocycles. The molecule has 0 spiro atoms. The van der Waals surface area contributed by atoms with Gasteiger partial charge in [-0.05, 0) is 34.1 Å². The van der Waals surface area contributed by atoms with Gasteiger partial charge in [0.2, 0.25) is 0 Å². The van der Waals surface area contributed by atoms with E-state index in [1.54, 1.807) is 32.0 Å². The van der Waals surface area contributed by atoms with Gasteiger partial charge in [0.1, 0.15) is 0 Å². The van der Waals surface area contributed by atoms with Crippen molar-refractivity contribution in [1.82, 2.24) is 4.31 Å². The molecule has 0 aliphatic heterocycles. The minimum Gasteiger partial charge on any atom is -0.399 e. The molecule has 3 N–H and O–H groups in total. The van der Waals surface area contributed by atoms with Crippen molar-refractivity contribution < 1.29 is 8.42 Å². The highest BCUT2D eigenvalue weighted by Crippen LogP contribution is 2.25. The quantitative estimate of drug-likeness (QED) is 0.815. The van der Waals surface area contributed by atoms with E-state index in [1.165, 1.54) is 4.31 Å². The number of rotatable bonds is 5. The zero-order chi connectivity index (χ0) is 13.1. The molecule has 0 amide bonds. The van der Waals surface area contributed by atoms with E-state index in [-0.39, 0.29) is 0 Å². The number of hydrogen-bond donors (Lipinski definition) is 2. The average Bonchev–Trinajstić information content (AvgIpc) is 2.23. The van der Waals surface area contributed by atoms with Crippen molar-refractivity contribution in [2.75, 3.05) is 23.5 Å². The van der Waals surface area contributed by atoms with Crippen molar-refractivity contribution in [1.29, 1.82) is 0 Å². The van der Waals surface area contributed by atoms with Crippen LogP contribution in [0.25, 0.3) is 0 Å². The number of nitrogens with zero attached hydrogens (tertiary/aromatic N) is 1. The van der Waals surface area contributed by atoms with E-state index in [0.29, 0.717) is 28.9 Å². The van der Waals surface area contributed by atoms with E-state index in [9.17, 15) is 8.42 Å². The third kappa shape index (κ3) is 3.58. The maximum absolute atomic E-state index is 12.0. The second-order valence-electron chi connectivity index (χ2n) is 3.43. The number of hydrogen-bond acceptors (Lipinski definition) is 3. The van der Waals surface area contributed by atoms with Crippen LogP contribution in [0.15, 0.2) is 22.7 Å². The molecule has 96 valence electrons. The van der Waals surface area contributed by atoms with E-state index in [4.69, 9.17) is 5.73 Å². The Kier molecular flexibility index (Phi) is 4.79. The van der Waals surface area contributed by atoms with Gasteiger partial charge in [0.25, 0.3) is 0 Å². The van der Waals surface area contributed by atoms with Gasteiger partial charge in [-0.25, -0.2) is 0 Å². The Labute approximate surface area is 110 Å². The number of halogens is 1. The van der Waals surface area contributed by atoms with Crippen molar-refractivity contribution >= 4 is 37.5 Å². The molecule has 0 radical (unpaired) electrons. The van der Waals surface area contributed by atoms with Crippen LogP contribution in [0, 0.1) is 0 Å². The molecule has 0 aliphatic carbocycles. The molecule has 0 saturated carbocycles. The Balaban J connectivity index is 2.98. The van der Waals surface area contributed by atoms with Gasteiger partial charge >= 0.3 is 10.2 Å². The number of nitrogens with one attached hydrogen (secondary N) is 1. The highest BCUT2D eigenvalue weighted by atomic mass is 79.9. The fourth-order valence-corrected chi connectivity index (χ4v) is 3.27. The molecule has 0 heterocycles.